The van der Waals surface area contributed by atoms with E-state index in [1.165, 1.54) is 6.07 Å². The van der Waals surface area contributed by atoms with Crippen LogP contribution in [0, 0.1) is 12.7 Å². The third-order valence-corrected chi connectivity index (χ3v) is 3.27. The van der Waals surface area contributed by atoms with Crippen molar-refractivity contribution in [1.82, 2.24) is 5.32 Å². The van der Waals surface area contributed by atoms with Crippen molar-refractivity contribution in [1.29, 1.82) is 0 Å². The van der Waals surface area contributed by atoms with Crippen molar-refractivity contribution in [3.05, 3.63) is 35.1 Å². The zero-order valence-electron chi connectivity index (χ0n) is 11.6. The normalized spacial score (nSPS) is 11.8. The van der Waals surface area contributed by atoms with Crippen LogP contribution in [0.15, 0.2) is 18.2 Å². The standard InChI is InChI=1S/C15H24FNO/c1-12-10-13(6-7-14(12)16)15(2,3)11-17-8-4-5-9-18/h6-7,10,17-18H,4-5,8-9,11H2,1-3H3. The largest absolute Gasteiger partial charge is 0.396 e. The molecule has 18 heavy (non-hydrogen) atoms. The third-order valence-electron chi connectivity index (χ3n) is 3.27. The minimum atomic E-state index is -0.148. The van der Waals surface area contributed by atoms with E-state index in [0.717, 1.165) is 31.5 Å². The smallest absolute Gasteiger partial charge is 0.126 e. The quantitative estimate of drug-likeness (QED) is 0.732. The predicted molar refractivity (Wildman–Crippen MR) is 73.4 cm³/mol. The third kappa shape index (κ3) is 4.39. The molecule has 1 aromatic carbocycles. The first kappa shape index (κ1) is 15.1. The summed E-state index contributed by atoms with van der Waals surface area (Å²) < 4.78 is 13.2. The highest BCUT2D eigenvalue weighted by Gasteiger charge is 2.20. The minimum absolute atomic E-state index is 0.0162. The topological polar surface area (TPSA) is 32.3 Å². The molecule has 1 rings (SSSR count). The molecule has 0 aliphatic heterocycles. The Hall–Kier alpha value is -0.930. The van der Waals surface area contributed by atoms with Gasteiger partial charge in [-0.15, -0.1) is 0 Å². The van der Waals surface area contributed by atoms with E-state index in [1.807, 2.05) is 12.1 Å². The van der Waals surface area contributed by atoms with Crippen LogP contribution in [0.4, 0.5) is 4.39 Å². The number of nitrogens with one attached hydrogen (secondary N) is 1. The van der Waals surface area contributed by atoms with Crippen molar-refractivity contribution in [3.8, 4) is 0 Å². The zero-order chi connectivity index (χ0) is 13.6. The molecule has 0 saturated carbocycles. The Labute approximate surface area is 109 Å². The van der Waals surface area contributed by atoms with Crippen molar-refractivity contribution >= 4 is 0 Å². The van der Waals surface area contributed by atoms with E-state index >= 15 is 0 Å². The van der Waals surface area contributed by atoms with E-state index in [-0.39, 0.29) is 17.8 Å². The van der Waals surface area contributed by atoms with Crippen LogP contribution in [0.5, 0.6) is 0 Å². The van der Waals surface area contributed by atoms with Crippen molar-refractivity contribution in [3.63, 3.8) is 0 Å². The second-order valence-electron chi connectivity index (χ2n) is 5.46. The number of hydrogen-bond acceptors (Lipinski definition) is 2. The fraction of sp³-hybridized carbons (Fsp3) is 0.600. The van der Waals surface area contributed by atoms with Gasteiger partial charge in [0, 0.05) is 18.6 Å². The van der Waals surface area contributed by atoms with Gasteiger partial charge >= 0.3 is 0 Å². The SMILES string of the molecule is Cc1cc(C(C)(C)CNCCCCO)ccc1F. The summed E-state index contributed by atoms with van der Waals surface area (Å²) in [5, 5.41) is 12.1. The Kier molecular flexibility index (Phi) is 5.76. The van der Waals surface area contributed by atoms with Gasteiger partial charge in [0.05, 0.1) is 0 Å². The maximum absolute atomic E-state index is 13.2. The predicted octanol–water partition coefficient (Wildman–Crippen LogP) is 2.77. The van der Waals surface area contributed by atoms with E-state index in [2.05, 4.69) is 19.2 Å². The van der Waals surface area contributed by atoms with Gasteiger partial charge in [0.25, 0.3) is 0 Å². The average Bonchev–Trinajstić information content (AvgIpc) is 2.32. The fourth-order valence-electron chi connectivity index (χ4n) is 1.93. The lowest BCUT2D eigenvalue weighted by Gasteiger charge is -2.26. The van der Waals surface area contributed by atoms with Gasteiger partial charge in [0.1, 0.15) is 5.82 Å². The highest BCUT2D eigenvalue weighted by Crippen LogP contribution is 2.24. The van der Waals surface area contributed by atoms with E-state index in [9.17, 15) is 4.39 Å². The summed E-state index contributed by atoms with van der Waals surface area (Å²) in [5.74, 6) is -0.148. The molecule has 0 amide bonds. The first-order chi connectivity index (χ1) is 8.47. The number of aliphatic hydroxyl groups excluding tert-OH is 1. The Morgan fingerprint density at radius 2 is 2.00 bits per heavy atom. The van der Waals surface area contributed by atoms with E-state index in [4.69, 9.17) is 5.11 Å². The number of hydrogen-bond donors (Lipinski definition) is 2. The average molecular weight is 253 g/mol. The summed E-state index contributed by atoms with van der Waals surface area (Å²) in [6.07, 6.45) is 1.82. The van der Waals surface area contributed by atoms with Gasteiger partial charge in [-0.3, -0.25) is 0 Å². The summed E-state index contributed by atoms with van der Waals surface area (Å²) >= 11 is 0. The summed E-state index contributed by atoms with van der Waals surface area (Å²) in [7, 11) is 0. The maximum Gasteiger partial charge on any atom is 0.126 e. The van der Waals surface area contributed by atoms with Gasteiger partial charge < -0.3 is 10.4 Å². The van der Waals surface area contributed by atoms with Gasteiger partial charge in [-0.2, -0.15) is 0 Å². The summed E-state index contributed by atoms with van der Waals surface area (Å²) in [6, 6.07) is 5.32. The second-order valence-corrected chi connectivity index (χ2v) is 5.46. The molecule has 0 spiro atoms. The molecule has 0 aromatic heterocycles. The lowest BCUT2D eigenvalue weighted by molar-refractivity contribution is 0.283. The molecule has 0 bridgehead atoms. The molecule has 0 heterocycles. The highest BCUT2D eigenvalue weighted by atomic mass is 19.1. The van der Waals surface area contributed by atoms with Gasteiger partial charge in [-0.25, -0.2) is 4.39 Å². The van der Waals surface area contributed by atoms with Crippen molar-refractivity contribution in [2.24, 2.45) is 0 Å². The molecule has 2 nitrogen and oxygen atoms in total. The number of benzene rings is 1. The lowest BCUT2D eigenvalue weighted by Crippen LogP contribution is -2.33. The maximum atomic E-state index is 13.2. The molecule has 102 valence electrons. The number of halogens is 1. The molecule has 0 saturated heterocycles. The first-order valence-corrected chi connectivity index (χ1v) is 6.55. The van der Waals surface area contributed by atoms with Gasteiger partial charge in [0.15, 0.2) is 0 Å². The molecule has 0 fully saturated rings. The lowest BCUT2D eigenvalue weighted by atomic mass is 9.84. The van der Waals surface area contributed by atoms with Crippen LogP contribution in [-0.2, 0) is 5.41 Å². The van der Waals surface area contributed by atoms with Crippen molar-refractivity contribution in [2.75, 3.05) is 19.7 Å². The second kappa shape index (κ2) is 6.86. The van der Waals surface area contributed by atoms with Crippen LogP contribution in [0.25, 0.3) is 0 Å². The van der Waals surface area contributed by atoms with Gasteiger partial charge in [-0.05, 0) is 43.5 Å². The molecule has 0 aliphatic carbocycles. The van der Waals surface area contributed by atoms with Crippen LogP contribution in [0.2, 0.25) is 0 Å². The van der Waals surface area contributed by atoms with E-state index in [1.54, 1.807) is 6.92 Å². The van der Waals surface area contributed by atoms with Crippen LogP contribution >= 0.6 is 0 Å². The van der Waals surface area contributed by atoms with Crippen LogP contribution in [0.1, 0.15) is 37.8 Å². The Morgan fingerprint density at radius 3 is 2.61 bits per heavy atom. The van der Waals surface area contributed by atoms with Crippen LogP contribution < -0.4 is 5.32 Å². The van der Waals surface area contributed by atoms with Crippen molar-refractivity contribution < 1.29 is 9.50 Å². The van der Waals surface area contributed by atoms with E-state index in [0.29, 0.717) is 5.56 Å². The molecule has 0 radical (unpaired) electrons. The van der Waals surface area contributed by atoms with Crippen LogP contribution in [0.3, 0.4) is 0 Å². The molecule has 1 aromatic rings. The first-order valence-electron chi connectivity index (χ1n) is 6.55. The summed E-state index contributed by atoms with van der Waals surface area (Å²) in [6.45, 7) is 8.11. The monoisotopic (exact) mass is 253 g/mol. The minimum Gasteiger partial charge on any atom is -0.396 e. The van der Waals surface area contributed by atoms with Crippen LogP contribution in [-0.4, -0.2) is 24.8 Å². The fourth-order valence-corrected chi connectivity index (χ4v) is 1.93. The summed E-state index contributed by atoms with van der Waals surface area (Å²) in [5.41, 5.74) is 1.83. The molecule has 0 atom stereocenters. The molecule has 0 unspecified atom stereocenters. The number of rotatable bonds is 7. The molecule has 3 heteroatoms. The van der Waals surface area contributed by atoms with Gasteiger partial charge in [-0.1, -0.05) is 26.0 Å². The van der Waals surface area contributed by atoms with Crippen molar-refractivity contribution in [2.45, 2.75) is 39.0 Å². The molecular weight excluding hydrogens is 229 g/mol. The molecular formula is C15H24FNO. The Balaban J connectivity index is 2.54. The van der Waals surface area contributed by atoms with Gasteiger partial charge in [0.2, 0.25) is 0 Å². The Morgan fingerprint density at radius 1 is 1.28 bits per heavy atom. The number of aliphatic hydroxyl groups is 1. The highest BCUT2D eigenvalue weighted by molar-refractivity contribution is 5.29. The molecule has 2 N–H and O–H groups in total. The number of aryl methyl sites for hydroxylation is 1. The van der Waals surface area contributed by atoms with E-state index < -0.39 is 0 Å². The Bertz CT molecular complexity index is 377. The number of unbranched alkanes of at least 4 members (excludes halogenated alkanes) is 1. The summed E-state index contributed by atoms with van der Waals surface area (Å²) in [4.78, 5) is 0. The molecule has 0 aliphatic rings. The zero-order valence-corrected chi connectivity index (χ0v) is 11.6.